The molecule has 0 bridgehead atoms. The van der Waals surface area contributed by atoms with E-state index in [4.69, 9.17) is 4.74 Å². The van der Waals surface area contributed by atoms with E-state index in [-0.39, 0.29) is 0 Å². The summed E-state index contributed by atoms with van der Waals surface area (Å²) < 4.78 is 7.25. The van der Waals surface area contributed by atoms with Crippen molar-refractivity contribution < 1.29 is 4.74 Å². The lowest BCUT2D eigenvalue weighted by Gasteiger charge is -2.09. The van der Waals surface area contributed by atoms with Crippen molar-refractivity contribution in [3.05, 3.63) is 48.5 Å². The van der Waals surface area contributed by atoms with Crippen LogP contribution in [0.1, 0.15) is 19.4 Å². The molecule has 104 valence electrons. The fourth-order valence-electron chi connectivity index (χ4n) is 2.10. The van der Waals surface area contributed by atoms with Gasteiger partial charge in [0.25, 0.3) is 0 Å². The van der Waals surface area contributed by atoms with Gasteiger partial charge in [-0.25, -0.2) is 4.98 Å². The third-order valence-electron chi connectivity index (χ3n) is 3.03. The number of aromatic nitrogens is 3. The molecule has 0 amide bonds. The largest absolute Gasteiger partial charge is 0.497 e. The summed E-state index contributed by atoms with van der Waals surface area (Å²) in [5, 5.41) is 0. The first-order valence-corrected chi connectivity index (χ1v) is 6.71. The SMILES string of the molecule is CC.COc1ccc(-c2cncc3nccn23)c(C)c1. The lowest BCUT2D eigenvalue weighted by Crippen LogP contribution is -1.95. The Morgan fingerprint density at radius 3 is 2.65 bits per heavy atom. The molecular formula is C16H19N3O. The van der Waals surface area contributed by atoms with Crippen LogP contribution in [0.4, 0.5) is 0 Å². The van der Waals surface area contributed by atoms with Crippen molar-refractivity contribution in [2.24, 2.45) is 0 Å². The Bertz CT molecular complexity index is 704. The first-order chi connectivity index (χ1) is 9.79. The zero-order valence-electron chi connectivity index (χ0n) is 12.3. The molecule has 4 nitrogen and oxygen atoms in total. The van der Waals surface area contributed by atoms with Gasteiger partial charge in [-0.15, -0.1) is 0 Å². The first-order valence-electron chi connectivity index (χ1n) is 6.71. The molecule has 0 aliphatic carbocycles. The van der Waals surface area contributed by atoms with Crippen LogP contribution >= 0.6 is 0 Å². The number of methoxy groups -OCH3 is 1. The number of benzene rings is 1. The van der Waals surface area contributed by atoms with Crippen LogP contribution in [0.5, 0.6) is 5.75 Å². The van der Waals surface area contributed by atoms with Crippen molar-refractivity contribution in [1.29, 1.82) is 0 Å². The van der Waals surface area contributed by atoms with Gasteiger partial charge < -0.3 is 4.74 Å². The maximum Gasteiger partial charge on any atom is 0.155 e. The van der Waals surface area contributed by atoms with Gasteiger partial charge in [0.1, 0.15) is 5.75 Å². The van der Waals surface area contributed by atoms with Gasteiger partial charge in [-0.2, -0.15) is 0 Å². The van der Waals surface area contributed by atoms with Crippen molar-refractivity contribution in [3.63, 3.8) is 0 Å². The lowest BCUT2D eigenvalue weighted by atomic mass is 10.1. The molecule has 1 aromatic carbocycles. The summed E-state index contributed by atoms with van der Waals surface area (Å²) >= 11 is 0. The van der Waals surface area contributed by atoms with Gasteiger partial charge in [-0.05, 0) is 30.7 Å². The Kier molecular flexibility index (Phi) is 4.35. The predicted octanol–water partition coefficient (Wildman–Crippen LogP) is 3.74. The number of rotatable bonds is 2. The predicted molar refractivity (Wildman–Crippen MR) is 81.1 cm³/mol. The van der Waals surface area contributed by atoms with Crippen molar-refractivity contribution in [1.82, 2.24) is 14.4 Å². The number of nitrogens with zero attached hydrogens (tertiary/aromatic N) is 3. The van der Waals surface area contributed by atoms with Gasteiger partial charge in [0, 0.05) is 18.0 Å². The molecule has 0 saturated carbocycles. The lowest BCUT2D eigenvalue weighted by molar-refractivity contribution is 0.414. The molecule has 2 heterocycles. The average molecular weight is 269 g/mol. The van der Waals surface area contributed by atoms with Crippen LogP contribution in [0.3, 0.4) is 0 Å². The van der Waals surface area contributed by atoms with E-state index in [0.29, 0.717) is 0 Å². The molecule has 0 aliphatic heterocycles. The Morgan fingerprint density at radius 2 is 1.95 bits per heavy atom. The molecule has 0 fully saturated rings. The maximum atomic E-state index is 5.22. The highest BCUT2D eigenvalue weighted by atomic mass is 16.5. The van der Waals surface area contributed by atoms with Crippen LogP contribution in [0.15, 0.2) is 43.0 Å². The summed E-state index contributed by atoms with van der Waals surface area (Å²) in [5.74, 6) is 0.863. The van der Waals surface area contributed by atoms with Crippen LogP contribution in [0.25, 0.3) is 16.9 Å². The Hall–Kier alpha value is -2.36. The molecule has 3 aromatic rings. The number of ether oxygens (including phenoxy) is 1. The van der Waals surface area contributed by atoms with Gasteiger partial charge in [0.2, 0.25) is 0 Å². The smallest absolute Gasteiger partial charge is 0.155 e. The van der Waals surface area contributed by atoms with Gasteiger partial charge in [-0.3, -0.25) is 9.38 Å². The average Bonchev–Trinajstić information content (AvgIpc) is 2.98. The molecule has 2 aromatic heterocycles. The second-order valence-electron chi connectivity index (χ2n) is 4.13. The zero-order chi connectivity index (χ0) is 14.5. The number of hydrogen-bond acceptors (Lipinski definition) is 3. The molecule has 0 radical (unpaired) electrons. The van der Waals surface area contributed by atoms with E-state index in [1.165, 1.54) is 0 Å². The summed E-state index contributed by atoms with van der Waals surface area (Å²) in [6.07, 6.45) is 7.32. The van der Waals surface area contributed by atoms with Crippen molar-refractivity contribution in [2.45, 2.75) is 20.8 Å². The molecular weight excluding hydrogens is 250 g/mol. The standard InChI is InChI=1S/C14H13N3O.C2H6/c1-10-7-11(18-2)3-4-12(10)13-8-15-9-14-16-5-6-17(13)14;1-2/h3-9H,1-2H3;1-2H3. The van der Waals surface area contributed by atoms with Crippen molar-refractivity contribution in [2.75, 3.05) is 7.11 Å². The molecule has 0 unspecified atom stereocenters. The van der Waals surface area contributed by atoms with E-state index in [1.54, 1.807) is 19.5 Å². The normalized spacial score (nSPS) is 10.0. The monoisotopic (exact) mass is 269 g/mol. The number of aryl methyl sites for hydroxylation is 1. The second-order valence-corrected chi connectivity index (χ2v) is 4.13. The summed E-state index contributed by atoms with van der Waals surface area (Å²) in [4.78, 5) is 8.47. The van der Waals surface area contributed by atoms with E-state index in [9.17, 15) is 0 Å². The summed E-state index contributed by atoms with van der Waals surface area (Å²) in [5.41, 5.74) is 4.16. The van der Waals surface area contributed by atoms with Crippen molar-refractivity contribution >= 4 is 5.65 Å². The molecule has 20 heavy (non-hydrogen) atoms. The van der Waals surface area contributed by atoms with Crippen LogP contribution in [0.2, 0.25) is 0 Å². The number of imidazole rings is 1. The first kappa shape index (κ1) is 14.1. The van der Waals surface area contributed by atoms with Crippen LogP contribution in [0, 0.1) is 6.92 Å². The highest BCUT2D eigenvalue weighted by molar-refractivity contribution is 5.66. The van der Waals surface area contributed by atoms with Crippen LogP contribution < -0.4 is 4.74 Å². The molecule has 0 spiro atoms. The van der Waals surface area contributed by atoms with E-state index < -0.39 is 0 Å². The molecule has 4 heteroatoms. The summed E-state index contributed by atoms with van der Waals surface area (Å²) in [6.45, 7) is 6.06. The minimum absolute atomic E-state index is 0.850. The number of fused-ring (bicyclic) bond motifs is 1. The minimum atomic E-state index is 0.850. The minimum Gasteiger partial charge on any atom is -0.497 e. The molecule has 0 saturated heterocycles. The highest BCUT2D eigenvalue weighted by Gasteiger charge is 2.07. The van der Waals surface area contributed by atoms with Gasteiger partial charge in [0.15, 0.2) is 5.65 Å². The molecule has 3 rings (SSSR count). The fraction of sp³-hybridized carbons (Fsp3) is 0.250. The third kappa shape index (κ3) is 2.50. The van der Waals surface area contributed by atoms with Gasteiger partial charge in [-0.1, -0.05) is 13.8 Å². The number of hydrogen-bond donors (Lipinski definition) is 0. The topological polar surface area (TPSA) is 39.4 Å². The van der Waals surface area contributed by atoms with E-state index in [0.717, 1.165) is 28.2 Å². The van der Waals surface area contributed by atoms with Gasteiger partial charge >= 0.3 is 0 Å². The summed E-state index contributed by atoms with van der Waals surface area (Å²) in [7, 11) is 1.67. The zero-order valence-corrected chi connectivity index (χ0v) is 12.3. The van der Waals surface area contributed by atoms with E-state index in [1.807, 2.05) is 48.8 Å². The second kappa shape index (κ2) is 6.19. The third-order valence-corrected chi connectivity index (χ3v) is 3.03. The van der Waals surface area contributed by atoms with Gasteiger partial charge in [0.05, 0.1) is 25.2 Å². The van der Waals surface area contributed by atoms with Crippen LogP contribution in [-0.4, -0.2) is 21.5 Å². The molecule has 0 N–H and O–H groups in total. The van der Waals surface area contributed by atoms with E-state index in [2.05, 4.69) is 16.9 Å². The fourth-order valence-corrected chi connectivity index (χ4v) is 2.10. The Morgan fingerprint density at radius 1 is 1.15 bits per heavy atom. The van der Waals surface area contributed by atoms with E-state index >= 15 is 0 Å². The molecule has 0 atom stereocenters. The molecule has 0 aliphatic rings. The Balaban J connectivity index is 0.000000704. The maximum absolute atomic E-state index is 5.22. The van der Waals surface area contributed by atoms with Crippen LogP contribution in [-0.2, 0) is 0 Å². The Labute approximate surface area is 119 Å². The van der Waals surface area contributed by atoms with Crippen molar-refractivity contribution in [3.8, 4) is 17.0 Å². The highest BCUT2D eigenvalue weighted by Crippen LogP contribution is 2.26. The summed E-state index contributed by atoms with van der Waals surface area (Å²) in [6, 6.07) is 6.02. The quantitative estimate of drug-likeness (QED) is 0.711.